The van der Waals surface area contributed by atoms with Gasteiger partial charge < -0.3 is 15.4 Å². The minimum absolute atomic E-state index is 0.147. The van der Waals surface area contributed by atoms with Gasteiger partial charge in [0.15, 0.2) is 11.6 Å². The first-order valence-corrected chi connectivity index (χ1v) is 6.06. The zero-order valence-corrected chi connectivity index (χ0v) is 10.3. The van der Waals surface area contributed by atoms with Gasteiger partial charge in [-0.3, -0.25) is 4.79 Å². The zero-order valence-electron chi connectivity index (χ0n) is 10.3. The van der Waals surface area contributed by atoms with Gasteiger partial charge in [-0.2, -0.15) is 0 Å². The van der Waals surface area contributed by atoms with E-state index >= 15 is 0 Å². The molecule has 1 aromatic carbocycles. The maximum atomic E-state index is 13.5. The van der Waals surface area contributed by atoms with Crippen LogP contribution in [0.15, 0.2) is 18.2 Å². The Bertz CT molecular complexity index is 431. The number of carbonyl (C=O) groups is 1. The van der Waals surface area contributed by atoms with Crippen molar-refractivity contribution in [1.82, 2.24) is 10.6 Å². The highest BCUT2D eigenvalue weighted by Crippen LogP contribution is 2.17. The minimum atomic E-state index is -0.518. The maximum Gasteiger partial charge on any atom is 0.251 e. The van der Waals surface area contributed by atoms with Crippen LogP contribution in [0.5, 0.6) is 5.75 Å². The fraction of sp³-hybridized carbons (Fsp3) is 0.462. The van der Waals surface area contributed by atoms with Crippen LogP contribution in [0.25, 0.3) is 0 Å². The average molecular weight is 252 g/mol. The lowest BCUT2D eigenvalue weighted by atomic mass is 10.1. The molecule has 0 saturated carbocycles. The fourth-order valence-electron chi connectivity index (χ4n) is 2.04. The summed E-state index contributed by atoms with van der Waals surface area (Å²) in [5.74, 6) is -0.604. The van der Waals surface area contributed by atoms with E-state index in [2.05, 4.69) is 10.6 Å². The van der Waals surface area contributed by atoms with Crippen molar-refractivity contribution in [3.8, 4) is 5.75 Å². The number of hydrogen-bond acceptors (Lipinski definition) is 3. The molecule has 1 amide bonds. The van der Waals surface area contributed by atoms with Gasteiger partial charge in [0, 0.05) is 11.6 Å². The fourth-order valence-corrected chi connectivity index (χ4v) is 2.04. The second kappa shape index (κ2) is 5.82. The number of hydrogen-bond donors (Lipinski definition) is 2. The van der Waals surface area contributed by atoms with Gasteiger partial charge in [0.05, 0.1) is 7.11 Å². The Morgan fingerprint density at radius 3 is 2.78 bits per heavy atom. The molecule has 18 heavy (non-hydrogen) atoms. The summed E-state index contributed by atoms with van der Waals surface area (Å²) < 4.78 is 18.3. The summed E-state index contributed by atoms with van der Waals surface area (Å²) in [6.07, 6.45) is 1.81. The summed E-state index contributed by atoms with van der Waals surface area (Å²) in [7, 11) is 1.40. The molecule has 0 aromatic heterocycles. The smallest absolute Gasteiger partial charge is 0.251 e. The van der Waals surface area contributed by atoms with E-state index in [-0.39, 0.29) is 17.7 Å². The van der Waals surface area contributed by atoms with Gasteiger partial charge in [0.2, 0.25) is 0 Å². The number of rotatable bonds is 3. The molecule has 1 aromatic rings. The molecule has 0 atom stereocenters. The molecular formula is C13H17FN2O2. The first kappa shape index (κ1) is 12.8. The van der Waals surface area contributed by atoms with Crippen LogP contribution in [0.2, 0.25) is 0 Å². The first-order valence-electron chi connectivity index (χ1n) is 6.06. The molecule has 1 saturated heterocycles. The molecule has 5 heteroatoms. The van der Waals surface area contributed by atoms with Crippen LogP contribution < -0.4 is 15.4 Å². The highest BCUT2D eigenvalue weighted by molar-refractivity contribution is 5.94. The molecule has 0 spiro atoms. The molecule has 0 aliphatic carbocycles. The standard InChI is InChI=1S/C13H17FN2O2/c1-18-12-3-2-9(8-11(12)14)13(17)16-10-4-6-15-7-5-10/h2-3,8,10,15H,4-7H2,1H3,(H,16,17). The van der Waals surface area contributed by atoms with E-state index in [1.807, 2.05) is 0 Å². The Morgan fingerprint density at radius 2 is 2.17 bits per heavy atom. The third-order valence-corrected chi connectivity index (χ3v) is 3.09. The molecule has 2 N–H and O–H groups in total. The van der Waals surface area contributed by atoms with Gasteiger partial charge in [-0.15, -0.1) is 0 Å². The Labute approximate surface area is 106 Å². The van der Waals surface area contributed by atoms with E-state index in [1.165, 1.54) is 19.2 Å². The SMILES string of the molecule is COc1ccc(C(=O)NC2CCNCC2)cc1F. The quantitative estimate of drug-likeness (QED) is 0.853. The summed E-state index contributed by atoms with van der Waals surface area (Å²) in [5.41, 5.74) is 0.326. The third-order valence-electron chi connectivity index (χ3n) is 3.09. The topological polar surface area (TPSA) is 50.4 Å². The summed E-state index contributed by atoms with van der Waals surface area (Å²) in [4.78, 5) is 11.9. The monoisotopic (exact) mass is 252 g/mol. The first-order chi connectivity index (χ1) is 8.70. The molecule has 98 valence electrons. The van der Waals surface area contributed by atoms with E-state index in [4.69, 9.17) is 4.74 Å². The Kier molecular flexibility index (Phi) is 4.15. The Morgan fingerprint density at radius 1 is 1.44 bits per heavy atom. The molecule has 0 radical (unpaired) electrons. The predicted molar refractivity (Wildman–Crippen MR) is 66.3 cm³/mol. The second-order valence-corrected chi connectivity index (χ2v) is 4.35. The Hall–Kier alpha value is -1.62. The largest absolute Gasteiger partial charge is 0.494 e. The Balaban J connectivity index is 2.01. The molecule has 0 bridgehead atoms. The van der Waals surface area contributed by atoms with Gasteiger partial charge in [-0.05, 0) is 44.1 Å². The van der Waals surface area contributed by atoms with Crippen LogP contribution in [0.3, 0.4) is 0 Å². The van der Waals surface area contributed by atoms with Crippen molar-refractivity contribution in [2.45, 2.75) is 18.9 Å². The molecule has 0 unspecified atom stereocenters. The second-order valence-electron chi connectivity index (χ2n) is 4.35. The summed E-state index contributed by atoms with van der Waals surface area (Å²) in [6, 6.07) is 4.41. The van der Waals surface area contributed by atoms with Crippen LogP contribution in [-0.2, 0) is 0 Å². The van der Waals surface area contributed by atoms with Crippen LogP contribution in [0.1, 0.15) is 23.2 Å². The average Bonchev–Trinajstić information content (AvgIpc) is 2.39. The maximum absolute atomic E-state index is 13.5. The van der Waals surface area contributed by atoms with Crippen LogP contribution in [0.4, 0.5) is 4.39 Å². The number of ether oxygens (including phenoxy) is 1. The van der Waals surface area contributed by atoms with E-state index in [9.17, 15) is 9.18 Å². The lowest BCUT2D eigenvalue weighted by Gasteiger charge is -2.23. The van der Waals surface area contributed by atoms with Crippen LogP contribution >= 0.6 is 0 Å². The lowest BCUT2D eigenvalue weighted by Crippen LogP contribution is -2.42. The van der Waals surface area contributed by atoms with E-state index < -0.39 is 5.82 Å². The van der Waals surface area contributed by atoms with Crippen molar-refractivity contribution in [2.75, 3.05) is 20.2 Å². The highest BCUT2D eigenvalue weighted by Gasteiger charge is 2.17. The lowest BCUT2D eigenvalue weighted by molar-refractivity contribution is 0.0929. The van der Waals surface area contributed by atoms with E-state index in [1.54, 1.807) is 6.07 Å². The number of methoxy groups -OCH3 is 1. The van der Waals surface area contributed by atoms with Crippen molar-refractivity contribution in [3.05, 3.63) is 29.6 Å². The van der Waals surface area contributed by atoms with Crippen molar-refractivity contribution >= 4 is 5.91 Å². The minimum Gasteiger partial charge on any atom is -0.494 e. The zero-order chi connectivity index (χ0) is 13.0. The normalized spacial score (nSPS) is 16.3. The van der Waals surface area contributed by atoms with Crippen molar-refractivity contribution in [3.63, 3.8) is 0 Å². The van der Waals surface area contributed by atoms with Gasteiger partial charge in [-0.1, -0.05) is 0 Å². The van der Waals surface area contributed by atoms with E-state index in [0.717, 1.165) is 25.9 Å². The number of piperidine rings is 1. The number of benzene rings is 1. The third kappa shape index (κ3) is 2.98. The van der Waals surface area contributed by atoms with Crippen molar-refractivity contribution in [1.29, 1.82) is 0 Å². The summed E-state index contributed by atoms with van der Waals surface area (Å²) >= 11 is 0. The summed E-state index contributed by atoms with van der Waals surface area (Å²) in [6.45, 7) is 1.81. The molecule has 2 rings (SSSR count). The molecule has 1 fully saturated rings. The van der Waals surface area contributed by atoms with Gasteiger partial charge >= 0.3 is 0 Å². The number of amides is 1. The van der Waals surface area contributed by atoms with Gasteiger partial charge in [-0.25, -0.2) is 4.39 Å². The van der Waals surface area contributed by atoms with Gasteiger partial charge in [0.25, 0.3) is 5.91 Å². The molecule has 1 heterocycles. The highest BCUT2D eigenvalue weighted by atomic mass is 19.1. The summed E-state index contributed by atoms with van der Waals surface area (Å²) in [5, 5.41) is 6.14. The van der Waals surface area contributed by atoms with E-state index in [0.29, 0.717) is 5.56 Å². The van der Waals surface area contributed by atoms with Crippen molar-refractivity contribution < 1.29 is 13.9 Å². The van der Waals surface area contributed by atoms with Crippen molar-refractivity contribution in [2.24, 2.45) is 0 Å². The number of carbonyl (C=O) groups excluding carboxylic acids is 1. The molecular weight excluding hydrogens is 235 g/mol. The number of halogens is 1. The van der Waals surface area contributed by atoms with Crippen LogP contribution in [-0.4, -0.2) is 32.1 Å². The van der Waals surface area contributed by atoms with Gasteiger partial charge in [0.1, 0.15) is 0 Å². The predicted octanol–water partition coefficient (Wildman–Crippen LogP) is 1.32. The molecule has 1 aliphatic rings. The van der Waals surface area contributed by atoms with Crippen LogP contribution in [0, 0.1) is 5.82 Å². The molecule has 1 aliphatic heterocycles. The number of nitrogens with one attached hydrogen (secondary N) is 2. The molecule has 4 nitrogen and oxygen atoms in total.